The van der Waals surface area contributed by atoms with E-state index in [2.05, 4.69) is 20.7 Å². The second kappa shape index (κ2) is 9.82. The average Bonchev–Trinajstić information content (AvgIpc) is 3.24. The first-order valence-corrected chi connectivity index (χ1v) is 12.5. The van der Waals surface area contributed by atoms with Crippen LogP contribution in [-0.2, 0) is 27.1 Å². The molecule has 8 nitrogen and oxygen atoms in total. The molecule has 160 valence electrons. The van der Waals surface area contributed by atoms with Crippen molar-refractivity contribution in [3.8, 4) is 0 Å². The maximum atomic E-state index is 12.1. The van der Waals surface area contributed by atoms with Crippen LogP contribution in [0, 0.1) is 0 Å². The molecule has 0 saturated carbocycles. The highest BCUT2D eigenvalue weighted by Crippen LogP contribution is 2.33. The van der Waals surface area contributed by atoms with Gasteiger partial charge in [0.05, 0.1) is 17.8 Å². The molecular formula is C19H28N4O4S2. The number of hydrogen-bond acceptors (Lipinski definition) is 5. The van der Waals surface area contributed by atoms with Crippen LogP contribution in [0.3, 0.4) is 0 Å². The van der Waals surface area contributed by atoms with Crippen molar-refractivity contribution in [3.05, 3.63) is 35.4 Å². The van der Waals surface area contributed by atoms with E-state index >= 15 is 0 Å². The topological polar surface area (TPSA) is 116 Å². The number of nitrogens with one attached hydrogen (secondary N) is 4. The van der Waals surface area contributed by atoms with Crippen LogP contribution in [0.2, 0.25) is 0 Å². The van der Waals surface area contributed by atoms with Crippen molar-refractivity contribution in [3.63, 3.8) is 0 Å². The van der Waals surface area contributed by atoms with E-state index in [1.54, 1.807) is 12.1 Å². The summed E-state index contributed by atoms with van der Waals surface area (Å²) in [5.74, 6) is 0.907. The fraction of sp³-hybridized carbons (Fsp3) is 0.579. The first-order chi connectivity index (χ1) is 13.9. The van der Waals surface area contributed by atoms with Gasteiger partial charge in [0.25, 0.3) is 0 Å². The second-order valence-corrected chi connectivity index (χ2v) is 10.6. The van der Waals surface area contributed by atoms with Crippen molar-refractivity contribution in [1.29, 1.82) is 0 Å². The number of amides is 3. The number of sulfonamides is 1. The predicted molar refractivity (Wildman–Crippen MR) is 114 cm³/mol. The maximum absolute atomic E-state index is 12.1. The number of thioether (sulfide) groups is 1. The van der Waals surface area contributed by atoms with Crippen molar-refractivity contribution < 1.29 is 18.0 Å². The summed E-state index contributed by atoms with van der Waals surface area (Å²) in [4.78, 5) is 23.5. The molecule has 4 N–H and O–H groups in total. The molecule has 0 unspecified atom stereocenters. The molecule has 0 bridgehead atoms. The van der Waals surface area contributed by atoms with Gasteiger partial charge in [0, 0.05) is 24.0 Å². The fourth-order valence-electron chi connectivity index (χ4n) is 3.61. The Bertz CT molecular complexity index is 829. The van der Waals surface area contributed by atoms with E-state index in [0.717, 1.165) is 30.6 Å². The lowest BCUT2D eigenvalue weighted by atomic mass is 10.0. The van der Waals surface area contributed by atoms with E-state index in [1.807, 2.05) is 23.9 Å². The Labute approximate surface area is 176 Å². The van der Waals surface area contributed by atoms with Gasteiger partial charge in [-0.2, -0.15) is 11.8 Å². The van der Waals surface area contributed by atoms with Gasteiger partial charge in [-0.25, -0.2) is 17.9 Å². The first-order valence-electron chi connectivity index (χ1n) is 9.80. The van der Waals surface area contributed by atoms with Crippen molar-refractivity contribution in [1.82, 2.24) is 20.7 Å². The van der Waals surface area contributed by atoms with Crippen LogP contribution in [0.5, 0.6) is 0 Å². The molecule has 0 aromatic heterocycles. The Morgan fingerprint density at radius 3 is 2.62 bits per heavy atom. The van der Waals surface area contributed by atoms with Gasteiger partial charge >= 0.3 is 6.03 Å². The number of carbonyl (C=O) groups is 2. The third kappa shape index (κ3) is 6.35. The average molecular weight is 441 g/mol. The molecule has 1 aromatic carbocycles. The molecule has 3 amide bonds. The molecule has 10 heteroatoms. The van der Waals surface area contributed by atoms with Gasteiger partial charge in [-0.15, -0.1) is 0 Å². The molecule has 2 fully saturated rings. The highest BCUT2D eigenvalue weighted by atomic mass is 32.2. The number of unbranched alkanes of at least 4 members (excludes halogenated alkanes) is 1. The number of rotatable bonds is 10. The molecule has 3 rings (SSSR count). The molecule has 0 aliphatic carbocycles. The van der Waals surface area contributed by atoms with Gasteiger partial charge < -0.3 is 16.0 Å². The monoisotopic (exact) mass is 440 g/mol. The van der Waals surface area contributed by atoms with E-state index in [1.165, 1.54) is 7.05 Å². The molecule has 1 aromatic rings. The molecule has 0 radical (unpaired) electrons. The smallest absolute Gasteiger partial charge is 0.315 e. The Hall–Kier alpha value is -1.78. The molecule has 2 aliphatic rings. The lowest BCUT2D eigenvalue weighted by Gasteiger charge is -2.16. The predicted octanol–water partition coefficient (Wildman–Crippen LogP) is 1.08. The van der Waals surface area contributed by atoms with Gasteiger partial charge in [-0.05, 0) is 31.0 Å². The minimum absolute atomic E-state index is 0.0135. The first kappa shape index (κ1) is 21.9. The highest BCUT2D eigenvalue weighted by molar-refractivity contribution is 8.00. The van der Waals surface area contributed by atoms with Gasteiger partial charge in [0.2, 0.25) is 15.9 Å². The molecular weight excluding hydrogens is 412 g/mol. The Balaban J connectivity index is 1.31. The third-order valence-electron chi connectivity index (χ3n) is 5.26. The minimum Gasteiger partial charge on any atom is -0.352 e. The van der Waals surface area contributed by atoms with Crippen LogP contribution < -0.4 is 20.7 Å². The van der Waals surface area contributed by atoms with Crippen LogP contribution in [-0.4, -0.2) is 50.5 Å². The molecule has 2 saturated heterocycles. The van der Waals surface area contributed by atoms with Crippen molar-refractivity contribution in [2.45, 2.75) is 55.3 Å². The van der Waals surface area contributed by atoms with Gasteiger partial charge in [0.15, 0.2) is 0 Å². The molecule has 0 spiro atoms. The van der Waals surface area contributed by atoms with Crippen LogP contribution in [0.25, 0.3) is 0 Å². The highest BCUT2D eigenvalue weighted by Gasteiger charge is 2.42. The molecule has 3 atom stereocenters. The minimum atomic E-state index is -3.28. The van der Waals surface area contributed by atoms with Crippen molar-refractivity contribution >= 4 is 33.7 Å². The van der Waals surface area contributed by atoms with Gasteiger partial charge in [-0.1, -0.05) is 30.7 Å². The van der Waals surface area contributed by atoms with E-state index in [-0.39, 0.29) is 29.8 Å². The lowest BCUT2D eigenvalue weighted by molar-refractivity contribution is -0.121. The van der Waals surface area contributed by atoms with Gasteiger partial charge in [-0.3, -0.25) is 4.79 Å². The van der Waals surface area contributed by atoms with Crippen LogP contribution in [0.1, 0.15) is 36.8 Å². The summed E-state index contributed by atoms with van der Waals surface area (Å²) in [6.45, 7) is 0.428. The van der Waals surface area contributed by atoms with Crippen LogP contribution in [0.15, 0.2) is 24.3 Å². The summed E-state index contributed by atoms with van der Waals surface area (Å²) in [5, 5.41) is 9.25. The maximum Gasteiger partial charge on any atom is 0.315 e. The Morgan fingerprint density at radius 2 is 1.90 bits per heavy atom. The summed E-state index contributed by atoms with van der Waals surface area (Å²) in [6, 6.07) is 7.58. The summed E-state index contributed by atoms with van der Waals surface area (Å²) >= 11 is 1.89. The number of fused-ring (bicyclic) bond motifs is 1. The van der Waals surface area contributed by atoms with Gasteiger partial charge in [0.1, 0.15) is 0 Å². The lowest BCUT2D eigenvalue weighted by Crippen LogP contribution is -2.36. The van der Waals surface area contributed by atoms with E-state index in [0.29, 0.717) is 23.8 Å². The normalized spacial score (nSPS) is 23.3. The number of carbonyl (C=O) groups excluding carboxylic acids is 2. The molecule has 29 heavy (non-hydrogen) atoms. The number of benzene rings is 1. The van der Waals surface area contributed by atoms with Crippen molar-refractivity contribution in [2.24, 2.45) is 0 Å². The Kier molecular flexibility index (Phi) is 7.42. The number of hydrogen-bond donors (Lipinski definition) is 4. The SMILES string of the molecule is CNS(=O)(=O)Cc1ccc(CNC(=O)CCCC[C@@H]2SC[C@@H]3NC(=O)N[C@@H]32)cc1. The second-order valence-electron chi connectivity index (χ2n) is 7.42. The van der Waals surface area contributed by atoms with E-state index < -0.39 is 10.0 Å². The summed E-state index contributed by atoms with van der Waals surface area (Å²) < 4.78 is 25.4. The number of urea groups is 1. The van der Waals surface area contributed by atoms with E-state index in [9.17, 15) is 18.0 Å². The molecule has 2 aliphatic heterocycles. The third-order valence-corrected chi connectivity index (χ3v) is 8.10. The largest absolute Gasteiger partial charge is 0.352 e. The summed E-state index contributed by atoms with van der Waals surface area (Å²) in [7, 11) is -1.89. The van der Waals surface area contributed by atoms with E-state index in [4.69, 9.17) is 0 Å². The zero-order chi connectivity index (χ0) is 20.9. The zero-order valence-corrected chi connectivity index (χ0v) is 18.1. The summed E-state index contributed by atoms with van der Waals surface area (Å²) in [6.07, 6.45) is 3.26. The van der Waals surface area contributed by atoms with Crippen LogP contribution in [0.4, 0.5) is 4.79 Å². The van der Waals surface area contributed by atoms with Crippen LogP contribution >= 0.6 is 11.8 Å². The van der Waals surface area contributed by atoms with Crippen molar-refractivity contribution in [2.75, 3.05) is 12.8 Å². The zero-order valence-electron chi connectivity index (χ0n) is 16.4. The summed E-state index contributed by atoms with van der Waals surface area (Å²) in [5.41, 5.74) is 1.64. The standard InChI is InChI=1S/C19H28N4O4S2/c1-20-29(26,27)12-14-8-6-13(7-9-14)10-21-17(24)5-3-2-4-16-18-15(11-28-16)22-19(25)23-18/h6-9,15-16,18,20H,2-5,10-12H2,1H3,(H,21,24)(H2,22,23,25)/t15-,16-,18-/m0/s1. The quantitative estimate of drug-likeness (QED) is 0.321. The Morgan fingerprint density at radius 1 is 1.17 bits per heavy atom. The molecule has 2 heterocycles. The fourth-order valence-corrected chi connectivity index (χ4v) is 5.93.